The van der Waals surface area contributed by atoms with Crippen molar-refractivity contribution >= 4 is 5.82 Å². The molecule has 0 aliphatic carbocycles. The van der Waals surface area contributed by atoms with Gasteiger partial charge in [0.2, 0.25) is 0 Å². The third kappa shape index (κ3) is 5.04. The molecule has 2 aromatic rings. The Balaban J connectivity index is 1.84. The molecule has 21 heavy (non-hydrogen) atoms. The number of hydrogen-bond donors (Lipinski definition) is 2. The van der Waals surface area contributed by atoms with Crippen LogP contribution in [0.4, 0.5) is 5.82 Å². The van der Waals surface area contributed by atoms with Gasteiger partial charge in [-0.1, -0.05) is 19.1 Å². The number of ether oxygens (including phenoxy) is 1. The Labute approximate surface area is 125 Å². The second-order valence-electron chi connectivity index (χ2n) is 4.73. The highest BCUT2D eigenvalue weighted by molar-refractivity contribution is 5.31. The summed E-state index contributed by atoms with van der Waals surface area (Å²) in [4.78, 5) is 8.60. The highest BCUT2D eigenvalue weighted by Gasteiger charge is 2.00. The molecule has 2 rings (SSSR count). The number of nitrogens with one attached hydrogen (secondary N) is 1. The lowest BCUT2D eigenvalue weighted by Gasteiger charge is -2.07. The number of benzene rings is 1. The standard InChI is InChI=1S/C16H21N3O2/c1-2-8-17-16-11-18-14(10-19-16)12-21-15-5-3-13(4-6-15)7-9-20/h3-6,10-11,20H,2,7-9,12H2,1H3,(H,17,19). The second kappa shape index (κ2) is 8.21. The van der Waals surface area contributed by atoms with Crippen LogP contribution < -0.4 is 10.1 Å². The predicted molar refractivity (Wildman–Crippen MR) is 82.4 cm³/mol. The van der Waals surface area contributed by atoms with E-state index in [1.807, 2.05) is 24.3 Å². The van der Waals surface area contributed by atoms with E-state index < -0.39 is 0 Å². The van der Waals surface area contributed by atoms with E-state index in [4.69, 9.17) is 9.84 Å². The van der Waals surface area contributed by atoms with Crippen LogP contribution >= 0.6 is 0 Å². The SMILES string of the molecule is CCCNc1cnc(COc2ccc(CCO)cc2)cn1. The van der Waals surface area contributed by atoms with Crippen molar-refractivity contribution in [3.8, 4) is 5.75 Å². The van der Waals surface area contributed by atoms with Crippen molar-refractivity contribution in [2.45, 2.75) is 26.4 Å². The van der Waals surface area contributed by atoms with Crippen LogP contribution in [0.15, 0.2) is 36.7 Å². The topological polar surface area (TPSA) is 67.3 Å². The number of aliphatic hydroxyl groups excluding tert-OH is 1. The van der Waals surface area contributed by atoms with E-state index in [2.05, 4.69) is 22.2 Å². The molecule has 0 saturated heterocycles. The van der Waals surface area contributed by atoms with Gasteiger partial charge in [0, 0.05) is 13.2 Å². The third-order valence-corrected chi connectivity index (χ3v) is 2.97. The van der Waals surface area contributed by atoms with Crippen LogP contribution in [-0.4, -0.2) is 28.2 Å². The lowest BCUT2D eigenvalue weighted by molar-refractivity contribution is 0.297. The third-order valence-electron chi connectivity index (χ3n) is 2.97. The molecule has 0 spiro atoms. The van der Waals surface area contributed by atoms with Gasteiger partial charge in [0.15, 0.2) is 0 Å². The second-order valence-corrected chi connectivity index (χ2v) is 4.73. The number of anilines is 1. The molecular weight excluding hydrogens is 266 g/mol. The van der Waals surface area contributed by atoms with Crippen LogP contribution in [-0.2, 0) is 13.0 Å². The molecule has 1 heterocycles. The van der Waals surface area contributed by atoms with E-state index in [9.17, 15) is 0 Å². The van der Waals surface area contributed by atoms with Crippen LogP contribution in [0.3, 0.4) is 0 Å². The van der Waals surface area contributed by atoms with Crippen molar-refractivity contribution in [2.24, 2.45) is 0 Å². The minimum atomic E-state index is 0.161. The summed E-state index contributed by atoms with van der Waals surface area (Å²) in [5.74, 6) is 1.57. The number of aliphatic hydroxyl groups is 1. The molecule has 0 fully saturated rings. The van der Waals surface area contributed by atoms with E-state index in [1.54, 1.807) is 12.4 Å². The summed E-state index contributed by atoms with van der Waals surface area (Å²) in [5.41, 5.74) is 1.88. The first-order valence-electron chi connectivity index (χ1n) is 7.19. The van der Waals surface area contributed by atoms with Crippen LogP contribution in [0.1, 0.15) is 24.6 Å². The molecule has 5 heteroatoms. The molecule has 0 amide bonds. The lowest BCUT2D eigenvalue weighted by atomic mass is 10.1. The summed E-state index contributed by atoms with van der Waals surface area (Å²) >= 11 is 0. The molecule has 0 saturated carbocycles. The molecule has 0 aliphatic heterocycles. The monoisotopic (exact) mass is 287 g/mol. The van der Waals surface area contributed by atoms with Crippen molar-refractivity contribution in [1.29, 1.82) is 0 Å². The van der Waals surface area contributed by atoms with Gasteiger partial charge in [0.05, 0.1) is 18.1 Å². The summed E-state index contributed by atoms with van der Waals surface area (Å²) in [6.45, 7) is 3.55. The van der Waals surface area contributed by atoms with Crippen molar-refractivity contribution in [3.63, 3.8) is 0 Å². The van der Waals surface area contributed by atoms with Crippen molar-refractivity contribution < 1.29 is 9.84 Å². The fourth-order valence-corrected chi connectivity index (χ4v) is 1.81. The van der Waals surface area contributed by atoms with Crippen LogP contribution in [0.2, 0.25) is 0 Å². The van der Waals surface area contributed by atoms with Gasteiger partial charge in [-0.2, -0.15) is 0 Å². The molecule has 0 bridgehead atoms. The van der Waals surface area contributed by atoms with Crippen LogP contribution in [0.25, 0.3) is 0 Å². The fourth-order valence-electron chi connectivity index (χ4n) is 1.81. The van der Waals surface area contributed by atoms with Crippen molar-refractivity contribution in [1.82, 2.24) is 9.97 Å². The molecule has 0 atom stereocenters. The van der Waals surface area contributed by atoms with E-state index in [-0.39, 0.29) is 6.61 Å². The van der Waals surface area contributed by atoms with Gasteiger partial charge in [-0.05, 0) is 30.5 Å². The molecular formula is C16H21N3O2. The largest absolute Gasteiger partial charge is 0.487 e. The Kier molecular flexibility index (Phi) is 5.97. The van der Waals surface area contributed by atoms with Crippen molar-refractivity contribution in [3.05, 3.63) is 47.9 Å². The predicted octanol–water partition coefficient (Wildman–Crippen LogP) is 2.41. The minimum absolute atomic E-state index is 0.161. The first kappa shape index (κ1) is 15.3. The van der Waals surface area contributed by atoms with Crippen LogP contribution in [0, 0.1) is 0 Å². The molecule has 112 valence electrons. The summed E-state index contributed by atoms with van der Waals surface area (Å²) in [5, 5.41) is 12.0. The minimum Gasteiger partial charge on any atom is -0.487 e. The van der Waals surface area contributed by atoms with E-state index in [0.29, 0.717) is 13.0 Å². The highest BCUT2D eigenvalue weighted by Crippen LogP contribution is 2.14. The highest BCUT2D eigenvalue weighted by atomic mass is 16.5. The quantitative estimate of drug-likeness (QED) is 0.780. The molecule has 0 unspecified atom stereocenters. The number of hydrogen-bond acceptors (Lipinski definition) is 5. The zero-order valence-corrected chi connectivity index (χ0v) is 12.2. The Morgan fingerprint density at radius 1 is 1.14 bits per heavy atom. The lowest BCUT2D eigenvalue weighted by Crippen LogP contribution is -2.04. The normalized spacial score (nSPS) is 10.4. The summed E-state index contributed by atoms with van der Waals surface area (Å²) in [6.07, 6.45) is 5.16. The molecule has 1 aromatic heterocycles. The Morgan fingerprint density at radius 3 is 2.57 bits per heavy atom. The van der Waals surface area contributed by atoms with Gasteiger partial charge in [-0.3, -0.25) is 4.98 Å². The zero-order chi connectivity index (χ0) is 14.9. The number of nitrogens with zero attached hydrogens (tertiary/aromatic N) is 2. The molecule has 2 N–H and O–H groups in total. The Morgan fingerprint density at radius 2 is 1.95 bits per heavy atom. The van der Waals surface area contributed by atoms with E-state index >= 15 is 0 Å². The number of rotatable bonds is 8. The average molecular weight is 287 g/mol. The van der Waals surface area contributed by atoms with Crippen molar-refractivity contribution in [2.75, 3.05) is 18.5 Å². The summed E-state index contributed by atoms with van der Waals surface area (Å²) in [6, 6.07) is 7.70. The summed E-state index contributed by atoms with van der Waals surface area (Å²) in [7, 11) is 0. The van der Waals surface area contributed by atoms with Gasteiger partial charge in [0.25, 0.3) is 0 Å². The van der Waals surface area contributed by atoms with Gasteiger partial charge in [0.1, 0.15) is 18.2 Å². The first-order valence-corrected chi connectivity index (χ1v) is 7.19. The maximum atomic E-state index is 8.87. The molecule has 0 aliphatic rings. The molecule has 5 nitrogen and oxygen atoms in total. The fraction of sp³-hybridized carbons (Fsp3) is 0.375. The van der Waals surface area contributed by atoms with Crippen LogP contribution in [0.5, 0.6) is 5.75 Å². The number of aromatic nitrogens is 2. The smallest absolute Gasteiger partial charge is 0.144 e. The Hall–Kier alpha value is -2.14. The zero-order valence-electron chi connectivity index (χ0n) is 12.2. The molecule has 0 radical (unpaired) electrons. The summed E-state index contributed by atoms with van der Waals surface area (Å²) < 4.78 is 5.66. The average Bonchev–Trinajstić information content (AvgIpc) is 2.53. The molecule has 1 aromatic carbocycles. The van der Waals surface area contributed by atoms with Gasteiger partial charge >= 0.3 is 0 Å². The van der Waals surface area contributed by atoms with Gasteiger partial charge in [-0.15, -0.1) is 0 Å². The van der Waals surface area contributed by atoms with E-state index in [1.165, 1.54) is 0 Å². The van der Waals surface area contributed by atoms with Gasteiger partial charge < -0.3 is 15.2 Å². The Bertz CT molecular complexity index is 526. The van der Waals surface area contributed by atoms with E-state index in [0.717, 1.165) is 35.8 Å². The van der Waals surface area contributed by atoms with Gasteiger partial charge in [-0.25, -0.2) is 4.98 Å². The maximum Gasteiger partial charge on any atom is 0.144 e. The first-order chi connectivity index (χ1) is 10.3. The maximum absolute atomic E-state index is 8.87.